The summed E-state index contributed by atoms with van der Waals surface area (Å²) in [5.41, 5.74) is 2.98. The Bertz CT molecular complexity index is 967. The van der Waals surface area contributed by atoms with Crippen LogP contribution >= 0.6 is 0 Å². The summed E-state index contributed by atoms with van der Waals surface area (Å²) in [6, 6.07) is 12.6. The van der Waals surface area contributed by atoms with E-state index in [0.29, 0.717) is 11.3 Å². The molecule has 0 saturated heterocycles. The van der Waals surface area contributed by atoms with Gasteiger partial charge < -0.3 is 15.4 Å². The number of esters is 1. The van der Waals surface area contributed by atoms with Gasteiger partial charge in [0.2, 0.25) is 5.91 Å². The van der Waals surface area contributed by atoms with Gasteiger partial charge >= 0.3 is 5.97 Å². The van der Waals surface area contributed by atoms with Crippen molar-refractivity contribution in [1.82, 2.24) is 10.7 Å². The molecular formula is C20H20N4O5. The van der Waals surface area contributed by atoms with Crippen LogP contribution in [-0.2, 0) is 14.4 Å². The van der Waals surface area contributed by atoms with Gasteiger partial charge in [-0.15, -0.1) is 0 Å². The smallest absolute Gasteiger partial charge is 0.308 e. The number of ether oxygens (including phenoxy) is 1. The first-order valence-electron chi connectivity index (χ1n) is 8.49. The normalized spacial score (nSPS) is 10.7. The predicted octanol–water partition coefficient (Wildman–Crippen LogP) is 1.33. The van der Waals surface area contributed by atoms with Crippen molar-refractivity contribution < 1.29 is 23.9 Å². The predicted molar refractivity (Wildman–Crippen MR) is 106 cm³/mol. The Labute approximate surface area is 166 Å². The van der Waals surface area contributed by atoms with Gasteiger partial charge in [0.15, 0.2) is 0 Å². The third kappa shape index (κ3) is 6.29. The molecule has 0 fully saturated rings. The van der Waals surface area contributed by atoms with Crippen LogP contribution < -0.4 is 26.6 Å². The molecule has 0 aliphatic carbocycles. The molecule has 0 aromatic heterocycles. The second-order valence-corrected chi connectivity index (χ2v) is 5.88. The maximum Gasteiger partial charge on any atom is 0.308 e. The van der Waals surface area contributed by atoms with Crippen molar-refractivity contribution in [2.75, 3.05) is 5.32 Å². The van der Waals surface area contributed by atoms with Crippen LogP contribution in [0.2, 0.25) is 0 Å². The molecule has 0 heterocycles. The average Bonchev–Trinajstić information content (AvgIpc) is 2.67. The van der Waals surface area contributed by atoms with Gasteiger partial charge in [-0.2, -0.15) is 0 Å². The van der Waals surface area contributed by atoms with Crippen LogP contribution in [0.25, 0.3) is 6.08 Å². The Balaban J connectivity index is 2.29. The van der Waals surface area contributed by atoms with Crippen LogP contribution in [0.4, 0.5) is 5.69 Å². The van der Waals surface area contributed by atoms with E-state index in [1.54, 1.807) is 36.4 Å². The van der Waals surface area contributed by atoms with Gasteiger partial charge in [-0.05, 0) is 36.4 Å². The van der Waals surface area contributed by atoms with Crippen LogP contribution in [0.3, 0.4) is 0 Å². The number of para-hydroxylation sites is 1. The van der Waals surface area contributed by atoms with Crippen molar-refractivity contribution in [3.63, 3.8) is 0 Å². The minimum atomic E-state index is -0.745. The van der Waals surface area contributed by atoms with E-state index in [1.165, 1.54) is 32.1 Å². The van der Waals surface area contributed by atoms with E-state index in [-0.39, 0.29) is 22.9 Å². The Morgan fingerprint density at radius 1 is 0.966 bits per heavy atom. The maximum absolute atomic E-state index is 12.5. The summed E-state index contributed by atoms with van der Waals surface area (Å²) in [6.45, 7) is 2.62. The van der Waals surface area contributed by atoms with Crippen molar-refractivity contribution in [1.29, 1.82) is 0 Å². The Morgan fingerprint density at radius 3 is 2.21 bits per heavy atom. The first-order chi connectivity index (χ1) is 13.8. The molecule has 9 nitrogen and oxygen atoms in total. The molecule has 0 unspecified atom stereocenters. The highest BCUT2D eigenvalue weighted by Gasteiger charge is 2.15. The van der Waals surface area contributed by atoms with Gasteiger partial charge in [0.1, 0.15) is 11.4 Å². The first kappa shape index (κ1) is 21.3. The van der Waals surface area contributed by atoms with Gasteiger partial charge in [0.05, 0.1) is 0 Å². The number of rotatable bonds is 6. The number of nitrogens with one attached hydrogen (secondary N) is 3. The Morgan fingerprint density at radius 2 is 1.62 bits per heavy atom. The topological polar surface area (TPSA) is 140 Å². The van der Waals surface area contributed by atoms with E-state index in [2.05, 4.69) is 10.6 Å². The molecule has 2 aromatic carbocycles. The van der Waals surface area contributed by atoms with Gasteiger partial charge in [-0.25, -0.2) is 5.84 Å². The summed E-state index contributed by atoms with van der Waals surface area (Å²) in [4.78, 5) is 47.0. The summed E-state index contributed by atoms with van der Waals surface area (Å²) in [7, 11) is 0. The first-order valence-corrected chi connectivity index (χ1v) is 8.49. The number of hydrazine groups is 1. The highest BCUT2D eigenvalue weighted by molar-refractivity contribution is 6.05. The fraction of sp³-hybridized carbons (Fsp3) is 0.100. The highest BCUT2D eigenvalue weighted by atomic mass is 16.5. The molecule has 150 valence electrons. The summed E-state index contributed by atoms with van der Waals surface area (Å²) in [5.74, 6) is 3.35. The maximum atomic E-state index is 12.5. The van der Waals surface area contributed by atoms with Crippen molar-refractivity contribution >= 4 is 35.5 Å². The largest absolute Gasteiger partial charge is 0.426 e. The zero-order chi connectivity index (χ0) is 21.4. The van der Waals surface area contributed by atoms with E-state index in [4.69, 9.17) is 10.6 Å². The second-order valence-electron chi connectivity index (χ2n) is 5.88. The van der Waals surface area contributed by atoms with Crippen LogP contribution in [0, 0.1) is 0 Å². The zero-order valence-corrected chi connectivity index (χ0v) is 15.8. The molecule has 2 aromatic rings. The minimum absolute atomic E-state index is 0.150. The second kappa shape index (κ2) is 9.81. The van der Waals surface area contributed by atoms with E-state index < -0.39 is 17.8 Å². The fourth-order valence-electron chi connectivity index (χ4n) is 2.34. The van der Waals surface area contributed by atoms with Gasteiger partial charge in [-0.3, -0.25) is 24.6 Å². The molecule has 5 N–H and O–H groups in total. The lowest BCUT2D eigenvalue weighted by Crippen LogP contribution is -2.38. The molecule has 0 spiro atoms. The third-order valence-corrected chi connectivity index (χ3v) is 3.56. The quantitative estimate of drug-likeness (QED) is 0.145. The van der Waals surface area contributed by atoms with Crippen molar-refractivity contribution in [2.24, 2.45) is 5.84 Å². The Kier molecular flexibility index (Phi) is 7.21. The molecule has 0 aliphatic heterocycles. The number of hydrogen-bond donors (Lipinski definition) is 4. The van der Waals surface area contributed by atoms with Gasteiger partial charge in [0.25, 0.3) is 11.8 Å². The monoisotopic (exact) mass is 396 g/mol. The van der Waals surface area contributed by atoms with E-state index in [0.717, 1.165) is 0 Å². The highest BCUT2D eigenvalue weighted by Crippen LogP contribution is 2.21. The summed E-state index contributed by atoms with van der Waals surface area (Å²) < 4.78 is 5.10. The van der Waals surface area contributed by atoms with Crippen LogP contribution in [-0.4, -0.2) is 23.7 Å². The Hall–Kier alpha value is -3.98. The van der Waals surface area contributed by atoms with Gasteiger partial charge in [-0.1, -0.05) is 18.2 Å². The molecule has 0 saturated carbocycles. The number of anilines is 1. The third-order valence-electron chi connectivity index (χ3n) is 3.56. The molecule has 0 bridgehead atoms. The number of carbonyl (C=O) groups is 4. The number of hydrogen-bond acceptors (Lipinski definition) is 6. The molecule has 3 amide bonds. The van der Waals surface area contributed by atoms with E-state index >= 15 is 0 Å². The number of benzene rings is 2. The standard InChI is InChI=1S/C20H20N4O5/c1-12(25)22-16-9-7-14(8-10-16)19(27)23-17(20(28)24-21)11-15-5-3-4-6-18(15)29-13(2)26/h3-11H,21H2,1-2H3,(H,22,25)(H,23,27)(H,24,28)/b17-11-. The molecule has 0 radical (unpaired) electrons. The molecular weight excluding hydrogens is 376 g/mol. The van der Waals surface area contributed by atoms with Crippen molar-refractivity contribution in [3.05, 3.63) is 65.4 Å². The van der Waals surface area contributed by atoms with Gasteiger partial charge in [0, 0.05) is 30.7 Å². The number of carbonyl (C=O) groups excluding carboxylic acids is 4. The lowest BCUT2D eigenvalue weighted by Gasteiger charge is -2.11. The lowest BCUT2D eigenvalue weighted by molar-refractivity contribution is -0.132. The van der Waals surface area contributed by atoms with Crippen LogP contribution in [0.15, 0.2) is 54.2 Å². The van der Waals surface area contributed by atoms with Crippen molar-refractivity contribution in [2.45, 2.75) is 13.8 Å². The average molecular weight is 396 g/mol. The molecule has 0 aliphatic rings. The van der Waals surface area contributed by atoms with Crippen LogP contribution in [0.1, 0.15) is 29.8 Å². The molecule has 9 heteroatoms. The number of amides is 3. The SMILES string of the molecule is CC(=O)Nc1ccc(C(=O)N/C(=C\c2ccccc2OC(C)=O)C(=O)NN)cc1. The van der Waals surface area contributed by atoms with E-state index in [1.807, 2.05) is 5.43 Å². The lowest BCUT2D eigenvalue weighted by atomic mass is 10.1. The molecule has 2 rings (SSSR count). The van der Waals surface area contributed by atoms with Crippen molar-refractivity contribution in [3.8, 4) is 5.75 Å². The number of nitrogens with two attached hydrogens (primary N) is 1. The summed E-state index contributed by atoms with van der Waals surface area (Å²) in [5, 5.41) is 5.06. The minimum Gasteiger partial charge on any atom is -0.426 e. The summed E-state index contributed by atoms with van der Waals surface area (Å²) in [6.07, 6.45) is 1.34. The molecule has 0 atom stereocenters. The van der Waals surface area contributed by atoms with Crippen LogP contribution in [0.5, 0.6) is 5.75 Å². The zero-order valence-electron chi connectivity index (χ0n) is 15.8. The summed E-state index contributed by atoms with van der Waals surface area (Å²) >= 11 is 0. The fourth-order valence-corrected chi connectivity index (χ4v) is 2.34. The van der Waals surface area contributed by atoms with E-state index in [9.17, 15) is 19.2 Å². The molecule has 29 heavy (non-hydrogen) atoms.